The Morgan fingerprint density at radius 2 is 2.05 bits per heavy atom. The van der Waals surface area contributed by atoms with Crippen LogP contribution in [0.3, 0.4) is 0 Å². The fourth-order valence-corrected chi connectivity index (χ4v) is 3.12. The van der Waals surface area contributed by atoms with E-state index in [-0.39, 0.29) is 11.8 Å². The van der Waals surface area contributed by atoms with Crippen LogP contribution < -0.4 is 0 Å². The summed E-state index contributed by atoms with van der Waals surface area (Å²) in [6.07, 6.45) is 6.04. The molecule has 1 aliphatic carbocycles. The Morgan fingerprint density at radius 1 is 1.37 bits per heavy atom. The summed E-state index contributed by atoms with van der Waals surface area (Å²) in [5.74, 6) is 0.927. The molecule has 0 amide bonds. The van der Waals surface area contributed by atoms with Crippen molar-refractivity contribution >= 4 is 5.97 Å². The average Bonchev–Trinajstić information content (AvgIpc) is 2.94. The predicted molar refractivity (Wildman–Crippen MR) is 69.9 cm³/mol. The van der Waals surface area contributed by atoms with Gasteiger partial charge in [0, 0.05) is 11.8 Å². The monoisotopic (exact) mass is 266 g/mol. The Balaban J connectivity index is 2.12. The highest BCUT2D eigenvalue weighted by atomic mass is 16.4. The van der Waals surface area contributed by atoms with Crippen molar-refractivity contribution in [3.63, 3.8) is 0 Å². The third-order valence-electron chi connectivity index (χ3n) is 3.83. The van der Waals surface area contributed by atoms with Crippen LogP contribution in [0.25, 0.3) is 0 Å². The highest BCUT2D eigenvalue weighted by molar-refractivity contribution is 5.66. The number of carboxylic acids is 1. The smallest absolute Gasteiger partial charge is 0.303 e. The van der Waals surface area contributed by atoms with Crippen molar-refractivity contribution in [1.29, 1.82) is 0 Å². The molecule has 5 nitrogen and oxygen atoms in total. The standard InChI is InChI=1S/C14H22N2O3/c1-10(2)9-14(7-3-4-8-14)13-16-15-11(19-13)5-6-12(17)18/h10H,3-9H2,1-2H3,(H,17,18). The van der Waals surface area contributed by atoms with Crippen LogP contribution in [0.4, 0.5) is 0 Å². The van der Waals surface area contributed by atoms with Crippen molar-refractivity contribution in [1.82, 2.24) is 10.2 Å². The van der Waals surface area contributed by atoms with E-state index in [9.17, 15) is 4.79 Å². The first-order valence-corrected chi connectivity index (χ1v) is 7.06. The maximum atomic E-state index is 10.6. The molecule has 5 heteroatoms. The summed E-state index contributed by atoms with van der Waals surface area (Å²) in [6.45, 7) is 4.42. The maximum absolute atomic E-state index is 10.6. The number of aromatic nitrogens is 2. The van der Waals surface area contributed by atoms with Gasteiger partial charge in [-0.1, -0.05) is 26.7 Å². The van der Waals surface area contributed by atoms with Crippen LogP contribution in [0.15, 0.2) is 4.42 Å². The molecule has 1 aromatic rings. The summed E-state index contributed by atoms with van der Waals surface area (Å²) >= 11 is 0. The highest BCUT2D eigenvalue weighted by Gasteiger charge is 2.40. The summed E-state index contributed by atoms with van der Waals surface area (Å²) in [7, 11) is 0. The van der Waals surface area contributed by atoms with E-state index in [1.165, 1.54) is 12.8 Å². The van der Waals surface area contributed by atoms with Crippen molar-refractivity contribution in [2.75, 3.05) is 0 Å². The van der Waals surface area contributed by atoms with Crippen molar-refractivity contribution in [3.8, 4) is 0 Å². The molecule has 1 aromatic heterocycles. The second kappa shape index (κ2) is 5.72. The first-order valence-electron chi connectivity index (χ1n) is 7.06. The topological polar surface area (TPSA) is 76.2 Å². The number of carboxylic acid groups (broad SMARTS) is 1. The largest absolute Gasteiger partial charge is 0.481 e. The minimum absolute atomic E-state index is 0.0304. The highest BCUT2D eigenvalue weighted by Crippen LogP contribution is 2.44. The van der Waals surface area contributed by atoms with Gasteiger partial charge in [-0.3, -0.25) is 4.79 Å². The molecule has 0 aromatic carbocycles. The summed E-state index contributed by atoms with van der Waals surface area (Å²) in [5, 5.41) is 16.9. The average molecular weight is 266 g/mol. The Hall–Kier alpha value is -1.39. The Kier molecular flexibility index (Phi) is 4.22. The molecule has 0 atom stereocenters. The van der Waals surface area contributed by atoms with Crippen molar-refractivity contribution in [3.05, 3.63) is 11.8 Å². The third-order valence-corrected chi connectivity index (χ3v) is 3.83. The lowest BCUT2D eigenvalue weighted by molar-refractivity contribution is -0.137. The molecule has 0 unspecified atom stereocenters. The maximum Gasteiger partial charge on any atom is 0.303 e. The van der Waals surface area contributed by atoms with Crippen molar-refractivity contribution < 1.29 is 14.3 Å². The molecule has 0 aliphatic heterocycles. The van der Waals surface area contributed by atoms with Gasteiger partial charge < -0.3 is 9.52 Å². The zero-order chi connectivity index (χ0) is 13.9. The number of nitrogens with zero attached hydrogens (tertiary/aromatic N) is 2. The van der Waals surface area contributed by atoms with Gasteiger partial charge in [0.25, 0.3) is 0 Å². The molecular weight excluding hydrogens is 244 g/mol. The van der Waals surface area contributed by atoms with E-state index in [2.05, 4.69) is 24.0 Å². The first kappa shape index (κ1) is 14.0. The molecular formula is C14H22N2O3. The molecule has 0 radical (unpaired) electrons. The van der Waals surface area contributed by atoms with Gasteiger partial charge in [-0.15, -0.1) is 10.2 Å². The number of carbonyl (C=O) groups is 1. The summed E-state index contributed by atoms with van der Waals surface area (Å²) in [5.41, 5.74) is 0.0304. The van der Waals surface area contributed by atoms with Gasteiger partial charge in [-0.2, -0.15) is 0 Å². The van der Waals surface area contributed by atoms with Gasteiger partial charge in [0.1, 0.15) is 0 Å². The zero-order valence-corrected chi connectivity index (χ0v) is 11.7. The van der Waals surface area contributed by atoms with Crippen LogP contribution in [0.5, 0.6) is 0 Å². The second-order valence-electron chi connectivity index (χ2n) is 5.98. The number of aliphatic carboxylic acids is 1. The van der Waals surface area contributed by atoms with Gasteiger partial charge in [0.15, 0.2) is 0 Å². The zero-order valence-electron chi connectivity index (χ0n) is 11.7. The number of hydrogen-bond donors (Lipinski definition) is 1. The quantitative estimate of drug-likeness (QED) is 0.856. The molecule has 1 aliphatic rings. The van der Waals surface area contributed by atoms with E-state index in [0.29, 0.717) is 18.2 Å². The summed E-state index contributed by atoms with van der Waals surface area (Å²) in [4.78, 5) is 10.6. The molecule has 0 saturated heterocycles. The fourth-order valence-electron chi connectivity index (χ4n) is 3.12. The lowest BCUT2D eigenvalue weighted by atomic mass is 9.78. The normalized spacial score (nSPS) is 18.1. The fraction of sp³-hybridized carbons (Fsp3) is 0.786. The van der Waals surface area contributed by atoms with Gasteiger partial charge in [-0.25, -0.2) is 0 Å². The molecule has 1 fully saturated rings. The first-order chi connectivity index (χ1) is 9.02. The predicted octanol–water partition coefficient (Wildman–Crippen LogP) is 2.94. The Morgan fingerprint density at radius 3 is 2.63 bits per heavy atom. The van der Waals surface area contributed by atoms with Crippen molar-refractivity contribution in [2.45, 2.75) is 64.2 Å². The number of aryl methyl sites for hydroxylation is 1. The number of rotatable bonds is 6. The molecule has 19 heavy (non-hydrogen) atoms. The van der Waals surface area contributed by atoms with E-state index < -0.39 is 5.97 Å². The Bertz CT molecular complexity index is 434. The number of hydrogen-bond acceptors (Lipinski definition) is 4. The molecule has 106 valence electrons. The van der Waals surface area contributed by atoms with Crippen LogP contribution in [0.1, 0.15) is 64.2 Å². The van der Waals surface area contributed by atoms with Gasteiger partial charge >= 0.3 is 5.97 Å². The SMILES string of the molecule is CC(C)CC1(c2nnc(CCC(=O)O)o2)CCCC1. The van der Waals surface area contributed by atoms with Gasteiger partial charge in [0.05, 0.1) is 6.42 Å². The summed E-state index contributed by atoms with van der Waals surface area (Å²) in [6, 6.07) is 0. The minimum atomic E-state index is -0.836. The molecule has 0 spiro atoms. The summed E-state index contributed by atoms with van der Waals surface area (Å²) < 4.78 is 5.74. The minimum Gasteiger partial charge on any atom is -0.481 e. The molecule has 1 saturated carbocycles. The molecule has 0 bridgehead atoms. The lowest BCUT2D eigenvalue weighted by Crippen LogP contribution is -2.24. The van der Waals surface area contributed by atoms with E-state index in [0.717, 1.165) is 25.2 Å². The third kappa shape index (κ3) is 3.33. The Labute approximate surface area is 113 Å². The molecule has 2 rings (SSSR count). The van der Waals surface area contributed by atoms with Crippen LogP contribution in [0, 0.1) is 5.92 Å². The van der Waals surface area contributed by atoms with Crippen LogP contribution >= 0.6 is 0 Å². The second-order valence-corrected chi connectivity index (χ2v) is 5.98. The molecule has 1 N–H and O–H groups in total. The van der Waals surface area contributed by atoms with Gasteiger partial charge in [-0.05, 0) is 25.2 Å². The van der Waals surface area contributed by atoms with Crippen LogP contribution in [-0.2, 0) is 16.6 Å². The van der Waals surface area contributed by atoms with E-state index in [1.54, 1.807) is 0 Å². The van der Waals surface area contributed by atoms with Crippen molar-refractivity contribution in [2.24, 2.45) is 5.92 Å². The van der Waals surface area contributed by atoms with Gasteiger partial charge in [0.2, 0.25) is 11.8 Å². The lowest BCUT2D eigenvalue weighted by Gasteiger charge is -2.26. The van der Waals surface area contributed by atoms with E-state index >= 15 is 0 Å². The van der Waals surface area contributed by atoms with Crippen LogP contribution in [-0.4, -0.2) is 21.3 Å². The molecule has 1 heterocycles. The van der Waals surface area contributed by atoms with E-state index in [4.69, 9.17) is 9.52 Å². The van der Waals surface area contributed by atoms with Crippen LogP contribution in [0.2, 0.25) is 0 Å². The van der Waals surface area contributed by atoms with E-state index in [1.807, 2.05) is 0 Å².